The van der Waals surface area contributed by atoms with Crippen LogP contribution in [0.4, 0.5) is 5.82 Å². The maximum absolute atomic E-state index is 13.2. The number of carbonyl (C=O) groups is 2. The Morgan fingerprint density at radius 1 is 1.32 bits per heavy atom. The van der Waals surface area contributed by atoms with Gasteiger partial charge in [-0.15, -0.1) is 0 Å². The summed E-state index contributed by atoms with van der Waals surface area (Å²) in [7, 11) is 0. The molecule has 1 aromatic carbocycles. The van der Waals surface area contributed by atoms with Gasteiger partial charge in [-0.2, -0.15) is 0 Å². The Labute approximate surface area is 208 Å². The number of nitrogens with two attached hydrogens (primary N) is 1. The van der Waals surface area contributed by atoms with Crippen LogP contribution in [0.2, 0.25) is 0 Å². The summed E-state index contributed by atoms with van der Waals surface area (Å²) in [6, 6.07) is 8.20. The number of aromatic nitrogens is 1. The molecule has 9 heteroatoms. The number of para-hydroxylation sites is 1. The molecule has 3 aliphatic heterocycles. The second-order valence-electron chi connectivity index (χ2n) is 9.14. The summed E-state index contributed by atoms with van der Waals surface area (Å²) < 4.78 is 6.29. The monoisotopic (exact) mass is 496 g/mol. The lowest BCUT2D eigenvalue weighted by Crippen LogP contribution is -2.39. The number of aryl methyl sites for hydroxylation is 1. The third kappa shape index (κ3) is 4.56. The van der Waals surface area contributed by atoms with Gasteiger partial charge < -0.3 is 15.4 Å². The van der Waals surface area contributed by atoms with Crippen molar-refractivity contribution in [3.63, 3.8) is 0 Å². The number of benzene rings is 1. The summed E-state index contributed by atoms with van der Waals surface area (Å²) in [5.74, 6) is 0.412. The van der Waals surface area contributed by atoms with E-state index in [9.17, 15) is 9.59 Å². The SMILES string of the molecule is Cc1cccc2cc(/C=C3\SC(=S)N(CC4CCCO4)C3=O)c(N3CCC(C(N)=O)CC3)nc12. The number of fused-ring (bicyclic) bond motifs is 1. The van der Waals surface area contributed by atoms with Gasteiger partial charge in [-0.25, -0.2) is 4.98 Å². The molecule has 0 aliphatic carbocycles. The van der Waals surface area contributed by atoms with E-state index in [-0.39, 0.29) is 23.8 Å². The van der Waals surface area contributed by atoms with E-state index in [1.165, 1.54) is 11.8 Å². The average molecular weight is 497 g/mol. The van der Waals surface area contributed by atoms with Crippen molar-refractivity contribution < 1.29 is 14.3 Å². The Balaban J connectivity index is 1.49. The zero-order chi connectivity index (χ0) is 23.8. The van der Waals surface area contributed by atoms with E-state index < -0.39 is 0 Å². The summed E-state index contributed by atoms with van der Waals surface area (Å²) in [4.78, 5) is 34.4. The van der Waals surface area contributed by atoms with Crippen molar-refractivity contribution in [2.75, 3.05) is 31.1 Å². The fourth-order valence-electron chi connectivity index (χ4n) is 4.88. The largest absolute Gasteiger partial charge is 0.376 e. The first kappa shape index (κ1) is 23.3. The fraction of sp³-hybridized carbons (Fsp3) is 0.440. The molecule has 1 aromatic heterocycles. The lowest BCUT2D eigenvalue weighted by Gasteiger charge is -2.32. The van der Waals surface area contributed by atoms with Crippen LogP contribution in [-0.2, 0) is 14.3 Å². The molecule has 5 rings (SSSR count). The minimum Gasteiger partial charge on any atom is -0.376 e. The number of piperidine rings is 1. The van der Waals surface area contributed by atoms with Gasteiger partial charge in [-0.3, -0.25) is 14.5 Å². The average Bonchev–Trinajstić information content (AvgIpc) is 3.43. The number of primary amides is 1. The van der Waals surface area contributed by atoms with Gasteiger partial charge in [0.15, 0.2) is 0 Å². The van der Waals surface area contributed by atoms with Crippen molar-refractivity contribution in [3.05, 3.63) is 40.3 Å². The molecule has 178 valence electrons. The highest BCUT2D eigenvalue weighted by Crippen LogP contribution is 2.36. The Kier molecular flexibility index (Phi) is 6.59. The topological polar surface area (TPSA) is 88.8 Å². The molecule has 1 unspecified atom stereocenters. The molecule has 3 saturated heterocycles. The van der Waals surface area contributed by atoms with E-state index in [0.29, 0.717) is 41.7 Å². The Bertz CT molecular complexity index is 1180. The smallest absolute Gasteiger partial charge is 0.266 e. The molecule has 0 radical (unpaired) electrons. The molecule has 7 nitrogen and oxygen atoms in total. The van der Waals surface area contributed by atoms with Gasteiger partial charge in [0.25, 0.3) is 5.91 Å². The normalized spacial score (nSPS) is 23.0. The van der Waals surface area contributed by atoms with Crippen LogP contribution in [0.5, 0.6) is 0 Å². The number of hydrogen-bond donors (Lipinski definition) is 1. The Morgan fingerprint density at radius 3 is 2.82 bits per heavy atom. The summed E-state index contributed by atoms with van der Waals surface area (Å²) in [5.41, 5.74) is 8.46. The van der Waals surface area contributed by atoms with Crippen molar-refractivity contribution in [1.82, 2.24) is 9.88 Å². The standard InChI is InChI=1S/C25H28N4O3S2/c1-15-4-2-5-17-12-18(23(27-21(15)17)28-9-7-16(8-10-28)22(26)30)13-20-24(31)29(25(33)34-20)14-19-6-3-11-32-19/h2,4-5,12-13,16,19H,3,6-11,14H2,1H3,(H2,26,30)/b20-13-. The van der Waals surface area contributed by atoms with E-state index in [1.807, 2.05) is 31.2 Å². The van der Waals surface area contributed by atoms with Gasteiger partial charge in [0.1, 0.15) is 10.1 Å². The predicted molar refractivity (Wildman–Crippen MR) is 139 cm³/mol. The first-order chi connectivity index (χ1) is 16.4. The van der Waals surface area contributed by atoms with Crippen LogP contribution in [0.15, 0.2) is 29.2 Å². The number of ether oxygens (including phenoxy) is 1. The van der Waals surface area contributed by atoms with E-state index >= 15 is 0 Å². The third-order valence-electron chi connectivity index (χ3n) is 6.82. The number of thioether (sulfide) groups is 1. The Morgan fingerprint density at radius 2 is 2.12 bits per heavy atom. The number of thiocarbonyl (C=S) groups is 1. The molecular weight excluding hydrogens is 468 g/mol. The summed E-state index contributed by atoms with van der Waals surface area (Å²) in [6.45, 7) is 4.68. The molecule has 0 spiro atoms. The van der Waals surface area contributed by atoms with Gasteiger partial charge in [-0.05, 0) is 50.3 Å². The maximum Gasteiger partial charge on any atom is 0.266 e. The van der Waals surface area contributed by atoms with Crippen molar-refractivity contribution in [2.45, 2.75) is 38.7 Å². The predicted octanol–water partition coefficient (Wildman–Crippen LogP) is 3.63. The third-order valence-corrected chi connectivity index (χ3v) is 8.20. The first-order valence-corrected chi connectivity index (χ1v) is 12.9. The second-order valence-corrected chi connectivity index (χ2v) is 10.8. The van der Waals surface area contributed by atoms with E-state index in [2.05, 4.69) is 11.0 Å². The highest BCUT2D eigenvalue weighted by Gasteiger charge is 2.35. The highest BCUT2D eigenvalue weighted by molar-refractivity contribution is 8.26. The minimum absolute atomic E-state index is 0.0503. The fourth-order valence-corrected chi connectivity index (χ4v) is 6.15. The number of amides is 2. The van der Waals surface area contributed by atoms with Crippen LogP contribution >= 0.6 is 24.0 Å². The van der Waals surface area contributed by atoms with Gasteiger partial charge in [0, 0.05) is 36.6 Å². The van der Waals surface area contributed by atoms with Crippen molar-refractivity contribution in [1.29, 1.82) is 0 Å². The van der Waals surface area contributed by atoms with E-state index in [0.717, 1.165) is 47.3 Å². The number of rotatable bonds is 5. The molecule has 0 saturated carbocycles. The summed E-state index contributed by atoms with van der Waals surface area (Å²) >= 11 is 6.87. The quantitative estimate of drug-likeness (QED) is 0.500. The summed E-state index contributed by atoms with van der Waals surface area (Å²) in [5, 5.41) is 1.02. The molecule has 3 fully saturated rings. The Hall–Kier alpha value is -2.49. The molecule has 2 aromatic rings. The number of carbonyl (C=O) groups excluding carboxylic acids is 2. The first-order valence-electron chi connectivity index (χ1n) is 11.7. The number of pyridine rings is 1. The molecular formula is C25H28N4O3S2. The van der Waals surface area contributed by atoms with Gasteiger partial charge in [0.05, 0.1) is 23.1 Å². The van der Waals surface area contributed by atoms with Crippen molar-refractivity contribution >= 4 is 62.9 Å². The maximum atomic E-state index is 13.2. The zero-order valence-corrected chi connectivity index (χ0v) is 20.8. The number of hydrogen-bond acceptors (Lipinski definition) is 7. The van der Waals surface area contributed by atoms with E-state index in [1.54, 1.807) is 4.90 Å². The second kappa shape index (κ2) is 9.64. The van der Waals surface area contributed by atoms with Crippen LogP contribution < -0.4 is 10.6 Å². The molecule has 3 aliphatic rings. The lowest BCUT2D eigenvalue weighted by molar-refractivity contribution is -0.123. The van der Waals surface area contributed by atoms with Crippen LogP contribution in [0, 0.1) is 12.8 Å². The molecule has 4 heterocycles. The van der Waals surface area contributed by atoms with Crippen LogP contribution in [0.3, 0.4) is 0 Å². The van der Waals surface area contributed by atoms with Gasteiger partial charge in [0.2, 0.25) is 5.91 Å². The van der Waals surface area contributed by atoms with Crippen LogP contribution in [0.25, 0.3) is 17.0 Å². The molecule has 34 heavy (non-hydrogen) atoms. The lowest BCUT2D eigenvalue weighted by atomic mass is 9.96. The number of anilines is 1. The molecule has 1 atom stereocenters. The molecule has 2 N–H and O–H groups in total. The van der Waals surface area contributed by atoms with Crippen LogP contribution in [0.1, 0.15) is 36.8 Å². The van der Waals surface area contributed by atoms with E-state index in [4.69, 9.17) is 27.7 Å². The van der Waals surface area contributed by atoms with Crippen molar-refractivity contribution in [2.24, 2.45) is 11.7 Å². The highest BCUT2D eigenvalue weighted by atomic mass is 32.2. The van der Waals surface area contributed by atoms with Gasteiger partial charge in [-0.1, -0.05) is 42.2 Å². The van der Waals surface area contributed by atoms with Gasteiger partial charge >= 0.3 is 0 Å². The molecule has 0 bridgehead atoms. The number of nitrogens with zero attached hydrogens (tertiary/aromatic N) is 3. The minimum atomic E-state index is -0.239. The van der Waals surface area contributed by atoms with Crippen LogP contribution in [-0.4, -0.2) is 58.4 Å². The zero-order valence-electron chi connectivity index (χ0n) is 19.2. The summed E-state index contributed by atoms with van der Waals surface area (Å²) in [6.07, 6.45) is 5.34. The van der Waals surface area contributed by atoms with Crippen molar-refractivity contribution in [3.8, 4) is 0 Å². The molecule has 2 amide bonds.